The fraction of sp³-hybridized carbons (Fsp3) is 0.154. The molecule has 0 amide bonds. The first-order chi connectivity index (χ1) is 10.7. The monoisotopic (exact) mass is 334 g/mol. The number of thioether (sulfide) groups is 1. The van der Waals surface area contributed by atoms with Crippen molar-refractivity contribution in [1.82, 2.24) is 15.2 Å². The Kier molecular flexibility index (Phi) is 4.45. The van der Waals surface area contributed by atoms with Crippen molar-refractivity contribution in [1.29, 1.82) is 0 Å². The zero-order chi connectivity index (χ0) is 15.4. The maximum Gasteiger partial charge on any atom is 0.270 e. The molecule has 0 unspecified atom stereocenters. The quantitative estimate of drug-likeness (QED) is 0.387. The van der Waals surface area contributed by atoms with E-state index in [9.17, 15) is 10.1 Å². The van der Waals surface area contributed by atoms with Crippen LogP contribution in [0.15, 0.2) is 44.7 Å². The average Bonchev–Trinajstić information content (AvgIpc) is 3.19. The van der Waals surface area contributed by atoms with Crippen molar-refractivity contribution < 1.29 is 9.34 Å². The van der Waals surface area contributed by atoms with Crippen LogP contribution >= 0.6 is 23.1 Å². The predicted molar refractivity (Wildman–Crippen MR) is 82.9 cm³/mol. The van der Waals surface area contributed by atoms with Crippen LogP contribution in [-0.2, 0) is 6.42 Å². The average molecular weight is 334 g/mol. The highest BCUT2D eigenvalue weighted by molar-refractivity contribution is 8.00. The summed E-state index contributed by atoms with van der Waals surface area (Å²) in [5.74, 6) is 1.91. The Balaban J connectivity index is 1.65. The molecule has 7 nitrogen and oxygen atoms in total. The number of non-ortho nitro benzene ring substituents is 1. The first-order valence-corrected chi connectivity index (χ1v) is 8.17. The van der Waals surface area contributed by atoms with Crippen molar-refractivity contribution in [3.8, 4) is 11.3 Å². The fourth-order valence-electron chi connectivity index (χ4n) is 1.78. The number of nitro groups is 1. The van der Waals surface area contributed by atoms with Gasteiger partial charge in [0.25, 0.3) is 5.69 Å². The van der Waals surface area contributed by atoms with E-state index < -0.39 is 4.92 Å². The SMILES string of the molecule is O=[N+]([O-])c1cccc(-c2cnc(CCSc3nncs3)o2)c1. The summed E-state index contributed by atoms with van der Waals surface area (Å²) in [6, 6.07) is 6.30. The van der Waals surface area contributed by atoms with Gasteiger partial charge in [0.2, 0.25) is 0 Å². The van der Waals surface area contributed by atoms with Crippen LogP contribution in [0.25, 0.3) is 11.3 Å². The van der Waals surface area contributed by atoms with Crippen LogP contribution in [0.1, 0.15) is 5.89 Å². The molecule has 0 saturated heterocycles. The topological polar surface area (TPSA) is 95.0 Å². The van der Waals surface area contributed by atoms with Crippen LogP contribution in [0.2, 0.25) is 0 Å². The lowest BCUT2D eigenvalue weighted by Crippen LogP contribution is -1.88. The van der Waals surface area contributed by atoms with E-state index in [1.165, 1.54) is 23.5 Å². The molecule has 2 aromatic heterocycles. The number of aromatic nitrogens is 3. The van der Waals surface area contributed by atoms with Gasteiger partial charge in [-0.3, -0.25) is 10.1 Å². The Labute approximate surface area is 133 Å². The Bertz CT molecular complexity index is 773. The number of benzene rings is 1. The Hall–Kier alpha value is -2.26. The van der Waals surface area contributed by atoms with Crippen LogP contribution in [0, 0.1) is 10.1 Å². The number of rotatable bonds is 6. The highest BCUT2D eigenvalue weighted by Gasteiger charge is 2.11. The molecule has 112 valence electrons. The highest BCUT2D eigenvalue weighted by Crippen LogP contribution is 2.25. The molecule has 3 aromatic rings. The van der Waals surface area contributed by atoms with Gasteiger partial charge in [-0.15, -0.1) is 10.2 Å². The molecule has 0 bridgehead atoms. The molecule has 0 radical (unpaired) electrons. The number of aryl methyl sites for hydroxylation is 1. The van der Waals surface area contributed by atoms with Crippen LogP contribution < -0.4 is 0 Å². The minimum Gasteiger partial charge on any atom is -0.441 e. The van der Waals surface area contributed by atoms with Gasteiger partial charge < -0.3 is 4.42 Å². The van der Waals surface area contributed by atoms with E-state index in [4.69, 9.17) is 4.42 Å². The number of hydrogen-bond acceptors (Lipinski definition) is 8. The van der Waals surface area contributed by atoms with Gasteiger partial charge in [-0.2, -0.15) is 0 Å². The molecule has 0 aliphatic heterocycles. The van der Waals surface area contributed by atoms with Gasteiger partial charge in [0.1, 0.15) is 5.51 Å². The lowest BCUT2D eigenvalue weighted by molar-refractivity contribution is -0.384. The smallest absolute Gasteiger partial charge is 0.270 e. The molecule has 0 aliphatic rings. The molecule has 0 atom stereocenters. The maximum absolute atomic E-state index is 10.8. The van der Waals surface area contributed by atoms with E-state index in [1.807, 2.05) is 0 Å². The first kappa shape index (κ1) is 14.7. The summed E-state index contributed by atoms with van der Waals surface area (Å²) in [6.45, 7) is 0. The van der Waals surface area contributed by atoms with Crippen molar-refractivity contribution in [3.63, 3.8) is 0 Å². The molecule has 2 heterocycles. The van der Waals surface area contributed by atoms with Gasteiger partial charge in [-0.05, 0) is 0 Å². The molecule has 1 aromatic carbocycles. The third kappa shape index (κ3) is 3.49. The fourth-order valence-corrected chi connectivity index (χ4v) is 3.27. The van der Waals surface area contributed by atoms with Crippen molar-refractivity contribution in [3.05, 3.63) is 52.0 Å². The summed E-state index contributed by atoms with van der Waals surface area (Å²) in [5, 5.41) is 18.5. The second-order valence-corrected chi connectivity index (χ2v) is 6.40. The van der Waals surface area contributed by atoms with Gasteiger partial charge in [0.05, 0.1) is 11.1 Å². The summed E-state index contributed by atoms with van der Waals surface area (Å²) in [6.07, 6.45) is 2.24. The first-order valence-electron chi connectivity index (χ1n) is 6.31. The van der Waals surface area contributed by atoms with Crippen molar-refractivity contribution in [2.75, 3.05) is 5.75 Å². The van der Waals surface area contributed by atoms with Crippen molar-refractivity contribution in [2.24, 2.45) is 0 Å². The second kappa shape index (κ2) is 6.67. The van der Waals surface area contributed by atoms with Crippen molar-refractivity contribution in [2.45, 2.75) is 10.8 Å². The number of hydrogen-bond donors (Lipinski definition) is 0. The zero-order valence-corrected chi connectivity index (χ0v) is 12.8. The van der Waals surface area contributed by atoms with E-state index in [0.717, 1.165) is 10.1 Å². The zero-order valence-electron chi connectivity index (χ0n) is 11.2. The lowest BCUT2D eigenvalue weighted by atomic mass is 10.2. The van der Waals surface area contributed by atoms with E-state index in [-0.39, 0.29) is 5.69 Å². The van der Waals surface area contributed by atoms with Crippen LogP contribution in [0.3, 0.4) is 0 Å². The molecule has 9 heteroatoms. The van der Waals surface area contributed by atoms with Crippen LogP contribution in [-0.4, -0.2) is 25.9 Å². The van der Waals surface area contributed by atoms with Gasteiger partial charge in [0.15, 0.2) is 16.0 Å². The molecule has 22 heavy (non-hydrogen) atoms. The van der Waals surface area contributed by atoms with E-state index >= 15 is 0 Å². The van der Waals surface area contributed by atoms with Gasteiger partial charge in [-0.25, -0.2) is 4.98 Å². The number of nitrogens with zero attached hydrogens (tertiary/aromatic N) is 4. The minimum absolute atomic E-state index is 0.0299. The van der Waals surface area contributed by atoms with E-state index in [2.05, 4.69) is 15.2 Å². The molecular weight excluding hydrogens is 324 g/mol. The van der Waals surface area contributed by atoms with Crippen LogP contribution in [0.5, 0.6) is 0 Å². The molecule has 0 aliphatic carbocycles. The largest absolute Gasteiger partial charge is 0.441 e. The van der Waals surface area contributed by atoms with Gasteiger partial charge in [0, 0.05) is 29.9 Å². The summed E-state index contributed by atoms with van der Waals surface area (Å²) in [7, 11) is 0. The standard InChI is InChI=1S/C13H10N4O3S2/c18-17(19)10-3-1-2-9(6-10)11-7-14-12(20-11)4-5-21-13-16-15-8-22-13/h1-3,6-8H,4-5H2. The predicted octanol–water partition coefficient (Wildman–Crippen LogP) is 3.44. The molecule has 0 spiro atoms. The Morgan fingerprint density at radius 2 is 2.32 bits per heavy atom. The summed E-state index contributed by atoms with van der Waals surface area (Å²) < 4.78 is 6.55. The lowest BCUT2D eigenvalue weighted by Gasteiger charge is -1.97. The van der Waals surface area contributed by atoms with E-state index in [1.54, 1.807) is 35.6 Å². The Morgan fingerprint density at radius 3 is 3.09 bits per heavy atom. The minimum atomic E-state index is -0.431. The molecule has 0 saturated carbocycles. The summed E-state index contributed by atoms with van der Waals surface area (Å²) >= 11 is 3.08. The summed E-state index contributed by atoms with van der Waals surface area (Å²) in [4.78, 5) is 14.6. The second-order valence-electron chi connectivity index (χ2n) is 4.23. The highest BCUT2D eigenvalue weighted by atomic mass is 32.2. The Morgan fingerprint density at radius 1 is 1.41 bits per heavy atom. The van der Waals surface area contributed by atoms with Gasteiger partial charge in [-0.1, -0.05) is 35.2 Å². The molecule has 0 N–H and O–H groups in total. The third-order valence-electron chi connectivity index (χ3n) is 2.78. The number of nitro benzene ring substituents is 1. The summed E-state index contributed by atoms with van der Waals surface area (Å²) in [5.41, 5.74) is 2.36. The number of oxazole rings is 1. The molecular formula is C13H10N4O3S2. The normalized spacial score (nSPS) is 10.7. The van der Waals surface area contributed by atoms with E-state index in [0.29, 0.717) is 23.6 Å². The molecule has 0 fully saturated rings. The van der Waals surface area contributed by atoms with Crippen molar-refractivity contribution >= 4 is 28.8 Å². The van der Waals surface area contributed by atoms with Gasteiger partial charge >= 0.3 is 0 Å². The third-order valence-corrected chi connectivity index (χ3v) is 4.64. The van der Waals surface area contributed by atoms with Crippen LogP contribution in [0.4, 0.5) is 5.69 Å². The molecule has 3 rings (SSSR count). The maximum atomic E-state index is 10.8.